The van der Waals surface area contributed by atoms with Gasteiger partial charge in [0.15, 0.2) is 16.7 Å². The van der Waals surface area contributed by atoms with Crippen LogP contribution in [0, 0.1) is 0 Å². The molecule has 7 nitrogen and oxygen atoms in total. The van der Waals surface area contributed by atoms with Gasteiger partial charge in [0.2, 0.25) is 5.91 Å². The third-order valence-electron chi connectivity index (χ3n) is 3.42. The summed E-state index contributed by atoms with van der Waals surface area (Å²) in [7, 11) is 0. The quantitative estimate of drug-likeness (QED) is 0.359. The van der Waals surface area contributed by atoms with Crippen molar-refractivity contribution in [1.29, 1.82) is 0 Å². The van der Waals surface area contributed by atoms with Gasteiger partial charge >= 0.3 is 5.97 Å². The van der Waals surface area contributed by atoms with Gasteiger partial charge in [-0.25, -0.2) is 4.79 Å². The predicted octanol–water partition coefficient (Wildman–Crippen LogP) is 2.86. The maximum atomic E-state index is 12.2. The smallest absolute Gasteiger partial charge is 0.343 e. The molecule has 1 heterocycles. The zero-order valence-electron chi connectivity index (χ0n) is 14.5. The van der Waals surface area contributed by atoms with Gasteiger partial charge in [-0.05, 0) is 42.8 Å². The number of nitrogens with one attached hydrogen (secondary N) is 1. The van der Waals surface area contributed by atoms with Gasteiger partial charge in [0.1, 0.15) is 0 Å². The van der Waals surface area contributed by atoms with Crippen LogP contribution < -0.4 is 14.8 Å². The number of hydrogen-bond donors (Lipinski definition) is 1. The number of thioether (sulfide) groups is 1. The highest BCUT2D eigenvalue weighted by molar-refractivity contribution is 8.15. The van der Waals surface area contributed by atoms with E-state index in [4.69, 9.17) is 9.47 Å². The molecule has 138 valence electrons. The van der Waals surface area contributed by atoms with Crippen LogP contribution in [0.15, 0.2) is 58.7 Å². The highest BCUT2D eigenvalue weighted by atomic mass is 32.2. The lowest BCUT2D eigenvalue weighted by Gasteiger charge is -2.11. The Morgan fingerprint density at radius 2 is 2.04 bits per heavy atom. The molecule has 0 spiro atoms. The molecule has 0 unspecified atom stereocenters. The predicted molar refractivity (Wildman–Crippen MR) is 105 cm³/mol. The number of carbonyl (C=O) groups is 2. The molecule has 0 atom stereocenters. The fraction of sp³-hybridized carbons (Fsp3) is 0.158. The van der Waals surface area contributed by atoms with Crippen molar-refractivity contribution in [2.75, 3.05) is 12.4 Å². The van der Waals surface area contributed by atoms with Crippen molar-refractivity contribution >= 4 is 35.0 Å². The molecule has 27 heavy (non-hydrogen) atoms. The topological polar surface area (TPSA) is 89.3 Å². The summed E-state index contributed by atoms with van der Waals surface area (Å²) in [6.45, 7) is 2.26. The summed E-state index contributed by atoms with van der Waals surface area (Å²) in [5.41, 5.74) is 1.18. The molecule has 1 amide bonds. The van der Waals surface area contributed by atoms with Gasteiger partial charge in [0.25, 0.3) is 0 Å². The van der Waals surface area contributed by atoms with Crippen LogP contribution in [0.1, 0.15) is 22.8 Å². The van der Waals surface area contributed by atoms with Crippen molar-refractivity contribution in [2.24, 2.45) is 10.2 Å². The standard InChI is InChI=1S/C19H17N3O4S/c1-2-25-16-10-13(11-20-22-19-21-17(23)12-27-19)8-9-15(16)26-18(24)14-6-4-3-5-7-14/h3-11H,2,12H2,1H3,(H,21,22,23). The first-order valence-electron chi connectivity index (χ1n) is 8.23. The van der Waals surface area contributed by atoms with Gasteiger partial charge in [-0.2, -0.15) is 5.10 Å². The average molecular weight is 383 g/mol. The zero-order chi connectivity index (χ0) is 19.1. The van der Waals surface area contributed by atoms with Crippen LogP contribution in [0.5, 0.6) is 11.5 Å². The largest absolute Gasteiger partial charge is 0.490 e. The normalized spacial score (nSPS) is 15.1. The van der Waals surface area contributed by atoms with Gasteiger partial charge < -0.3 is 14.8 Å². The molecule has 1 saturated heterocycles. The first-order chi connectivity index (χ1) is 13.2. The first kappa shape index (κ1) is 18.7. The Morgan fingerprint density at radius 1 is 1.22 bits per heavy atom. The number of amides is 1. The molecule has 1 fully saturated rings. The summed E-state index contributed by atoms with van der Waals surface area (Å²) in [4.78, 5) is 23.4. The number of carbonyl (C=O) groups excluding carboxylic acids is 2. The Hall–Kier alpha value is -3.13. The lowest BCUT2D eigenvalue weighted by Crippen LogP contribution is -2.19. The van der Waals surface area contributed by atoms with E-state index in [9.17, 15) is 9.59 Å². The highest BCUT2D eigenvalue weighted by Crippen LogP contribution is 2.29. The fourth-order valence-corrected chi connectivity index (χ4v) is 2.85. The third kappa shape index (κ3) is 5.18. The molecule has 0 aliphatic carbocycles. The number of nitrogens with zero attached hydrogens (tertiary/aromatic N) is 2. The van der Waals surface area contributed by atoms with Crippen LogP contribution in [0.2, 0.25) is 0 Å². The van der Waals surface area contributed by atoms with Crippen molar-refractivity contribution in [1.82, 2.24) is 5.32 Å². The summed E-state index contributed by atoms with van der Waals surface area (Å²) in [5.74, 6) is 0.565. The number of rotatable bonds is 6. The average Bonchev–Trinajstić information content (AvgIpc) is 3.10. The Bertz CT molecular complexity index is 897. The molecule has 2 aromatic carbocycles. The minimum absolute atomic E-state index is 0.0860. The summed E-state index contributed by atoms with van der Waals surface area (Å²) < 4.78 is 11.0. The van der Waals surface area contributed by atoms with Gasteiger partial charge in [-0.15, -0.1) is 5.10 Å². The Morgan fingerprint density at radius 3 is 2.74 bits per heavy atom. The van der Waals surface area contributed by atoms with Crippen LogP contribution in [0.4, 0.5) is 0 Å². The number of amidine groups is 1. The van der Waals surface area contributed by atoms with Crippen LogP contribution >= 0.6 is 11.8 Å². The van der Waals surface area contributed by atoms with Crippen molar-refractivity contribution in [3.05, 3.63) is 59.7 Å². The first-order valence-corrected chi connectivity index (χ1v) is 9.22. The SMILES string of the molecule is CCOc1cc(C=NN=C2NC(=O)CS2)ccc1OC(=O)c1ccccc1. The molecule has 0 bridgehead atoms. The second-order valence-corrected chi connectivity index (χ2v) is 6.35. The van der Waals surface area contributed by atoms with Crippen LogP contribution in [0.3, 0.4) is 0 Å². The molecular formula is C19H17N3O4S. The van der Waals surface area contributed by atoms with E-state index < -0.39 is 5.97 Å². The minimum atomic E-state index is -0.460. The van der Waals surface area contributed by atoms with Crippen molar-refractivity contribution < 1.29 is 19.1 Å². The number of ether oxygens (including phenoxy) is 2. The number of esters is 1. The van der Waals surface area contributed by atoms with Gasteiger partial charge in [-0.1, -0.05) is 30.0 Å². The van der Waals surface area contributed by atoms with E-state index in [2.05, 4.69) is 15.5 Å². The fourth-order valence-electron chi connectivity index (χ4n) is 2.22. The molecule has 8 heteroatoms. The van der Waals surface area contributed by atoms with E-state index in [-0.39, 0.29) is 5.91 Å². The van der Waals surface area contributed by atoms with Gasteiger partial charge in [-0.3, -0.25) is 4.79 Å². The summed E-state index contributed by atoms with van der Waals surface area (Å²) >= 11 is 1.30. The van der Waals surface area contributed by atoms with E-state index in [1.54, 1.807) is 42.5 Å². The Labute approximate surface area is 160 Å². The van der Waals surface area contributed by atoms with Crippen LogP contribution in [0.25, 0.3) is 0 Å². The summed E-state index contributed by atoms with van der Waals surface area (Å²) in [5, 5.41) is 11.0. The summed E-state index contributed by atoms with van der Waals surface area (Å²) in [6.07, 6.45) is 1.53. The highest BCUT2D eigenvalue weighted by Gasteiger charge is 2.16. The second kappa shape index (κ2) is 9.00. The molecule has 0 aromatic heterocycles. The molecule has 2 aromatic rings. The van der Waals surface area contributed by atoms with E-state index >= 15 is 0 Å². The minimum Gasteiger partial charge on any atom is -0.490 e. The Kier molecular flexibility index (Phi) is 6.22. The number of benzene rings is 2. The monoisotopic (exact) mass is 383 g/mol. The second-order valence-electron chi connectivity index (χ2n) is 5.38. The van der Waals surface area contributed by atoms with E-state index in [0.29, 0.717) is 34.6 Å². The van der Waals surface area contributed by atoms with Crippen LogP contribution in [-0.2, 0) is 4.79 Å². The van der Waals surface area contributed by atoms with Crippen LogP contribution in [-0.4, -0.2) is 35.6 Å². The lowest BCUT2D eigenvalue weighted by molar-refractivity contribution is -0.116. The maximum absolute atomic E-state index is 12.2. The van der Waals surface area contributed by atoms with Crippen molar-refractivity contribution in [2.45, 2.75) is 6.92 Å². The molecular weight excluding hydrogens is 366 g/mol. The van der Waals surface area contributed by atoms with E-state index in [0.717, 1.165) is 5.56 Å². The molecule has 3 rings (SSSR count). The van der Waals surface area contributed by atoms with Gasteiger partial charge in [0, 0.05) is 0 Å². The molecule has 1 N–H and O–H groups in total. The molecule has 0 radical (unpaired) electrons. The van der Waals surface area contributed by atoms with Crippen molar-refractivity contribution in [3.8, 4) is 11.5 Å². The summed E-state index contributed by atoms with van der Waals surface area (Å²) in [6, 6.07) is 13.8. The van der Waals surface area contributed by atoms with Gasteiger partial charge in [0.05, 0.1) is 24.1 Å². The molecule has 1 aliphatic rings. The zero-order valence-corrected chi connectivity index (χ0v) is 15.4. The molecule has 0 saturated carbocycles. The third-order valence-corrected chi connectivity index (χ3v) is 4.29. The lowest BCUT2D eigenvalue weighted by atomic mass is 10.2. The van der Waals surface area contributed by atoms with Crippen molar-refractivity contribution in [3.63, 3.8) is 0 Å². The van der Waals surface area contributed by atoms with E-state index in [1.807, 2.05) is 13.0 Å². The van der Waals surface area contributed by atoms with E-state index in [1.165, 1.54) is 18.0 Å². The maximum Gasteiger partial charge on any atom is 0.343 e. The number of hydrogen-bond acceptors (Lipinski definition) is 7. The molecule has 1 aliphatic heterocycles. The Balaban J connectivity index is 1.74.